The highest BCUT2D eigenvalue weighted by Crippen LogP contribution is 2.28. The summed E-state index contributed by atoms with van der Waals surface area (Å²) in [6.07, 6.45) is 5.88. The Morgan fingerprint density at radius 3 is 2.88 bits per heavy atom. The average molecular weight is 336 g/mol. The lowest BCUT2D eigenvalue weighted by molar-refractivity contribution is 0.203. The summed E-state index contributed by atoms with van der Waals surface area (Å²) >= 11 is 0. The zero-order valence-corrected chi connectivity index (χ0v) is 14.3. The fourth-order valence-corrected chi connectivity index (χ4v) is 3.61. The monoisotopic (exact) mass is 336 g/mol. The molecule has 0 spiro atoms. The molecular formula is C20H24N4O. The van der Waals surface area contributed by atoms with Crippen molar-refractivity contribution in [2.45, 2.75) is 19.4 Å². The van der Waals surface area contributed by atoms with Gasteiger partial charge in [0.25, 0.3) is 0 Å². The number of hydrogen-bond acceptors (Lipinski definition) is 4. The Balaban J connectivity index is 1.51. The Morgan fingerprint density at radius 2 is 2.04 bits per heavy atom. The molecular weight excluding hydrogens is 312 g/mol. The van der Waals surface area contributed by atoms with Crippen LogP contribution < -0.4 is 10.2 Å². The number of rotatable bonds is 5. The molecule has 3 N–H and O–H groups in total. The smallest absolute Gasteiger partial charge is 0.151 e. The van der Waals surface area contributed by atoms with Gasteiger partial charge < -0.3 is 20.3 Å². The van der Waals surface area contributed by atoms with Gasteiger partial charge in [0.15, 0.2) is 5.82 Å². The van der Waals surface area contributed by atoms with E-state index >= 15 is 0 Å². The molecule has 1 aliphatic rings. The zero-order valence-electron chi connectivity index (χ0n) is 14.3. The van der Waals surface area contributed by atoms with Crippen LogP contribution in [0.3, 0.4) is 0 Å². The molecule has 0 atom stereocenters. The minimum atomic E-state index is 0.293. The Labute approximate surface area is 147 Å². The molecule has 1 aromatic carbocycles. The molecule has 1 aliphatic heterocycles. The molecule has 0 unspecified atom stereocenters. The van der Waals surface area contributed by atoms with Gasteiger partial charge in [0, 0.05) is 49.5 Å². The van der Waals surface area contributed by atoms with Crippen LogP contribution >= 0.6 is 0 Å². The van der Waals surface area contributed by atoms with E-state index in [2.05, 4.69) is 50.5 Å². The predicted octanol–water partition coefficient (Wildman–Crippen LogP) is 3.38. The van der Waals surface area contributed by atoms with Crippen LogP contribution in [0.1, 0.15) is 18.4 Å². The minimum Gasteiger partial charge on any atom is -0.396 e. The highest BCUT2D eigenvalue weighted by molar-refractivity contribution is 5.83. The van der Waals surface area contributed by atoms with E-state index < -0.39 is 0 Å². The van der Waals surface area contributed by atoms with Crippen LogP contribution in [0.2, 0.25) is 0 Å². The van der Waals surface area contributed by atoms with Crippen molar-refractivity contribution in [1.29, 1.82) is 0 Å². The predicted molar refractivity (Wildman–Crippen MR) is 102 cm³/mol. The molecule has 0 saturated carbocycles. The van der Waals surface area contributed by atoms with Crippen LogP contribution in [0.5, 0.6) is 0 Å². The number of H-pyrrole nitrogens is 1. The largest absolute Gasteiger partial charge is 0.396 e. The number of hydrogen-bond donors (Lipinski definition) is 3. The van der Waals surface area contributed by atoms with Crippen molar-refractivity contribution in [3.63, 3.8) is 0 Å². The van der Waals surface area contributed by atoms with Crippen molar-refractivity contribution in [2.24, 2.45) is 5.92 Å². The third kappa shape index (κ3) is 3.33. The van der Waals surface area contributed by atoms with Crippen molar-refractivity contribution in [3.05, 3.63) is 54.4 Å². The van der Waals surface area contributed by atoms with Crippen LogP contribution in [0, 0.1) is 5.92 Å². The number of benzene rings is 1. The van der Waals surface area contributed by atoms with Gasteiger partial charge in [-0.15, -0.1) is 0 Å². The van der Waals surface area contributed by atoms with Gasteiger partial charge in [-0.25, -0.2) is 4.98 Å². The van der Waals surface area contributed by atoms with Crippen LogP contribution in [-0.4, -0.2) is 34.8 Å². The third-order valence-electron chi connectivity index (χ3n) is 5.11. The van der Waals surface area contributed by atoms with E-state index in [-0.39, 0.29) is 0 Å². The number of aromatic nitrogens is 2. The molecule has 130 valence electrons. The molecule has 4 rings (SSSR count). The SMILES string of the molecule is OCC1CCN(c2ncccc2NCc2cccc3[nH]ccc23)CC1. The molecule has 2 aromatic heterocycles. The topological polar surface area (TPSA) is 64.2 Å². The molecule has 25 heavy (non-hydrogen) atoms. The average Bonchev–Trinajstić information content (AvgIpc) is 3.16. The van der Waals surface area contributed by atoms with E-state index in [1.54, 1.807) is 0 Å². The first-order chi connectivity index (χ1) is 12.3. The highest BCUT2D eigenvalue weighted by Gasteiger charge is 2.21. The quantitative estimate of drug-likeness (QED) is 0.668. The molecule has 0 aliphatic carbocycles. The Kier molecular flexibility index (Phi) is 4.57. The maximum atomic E-state index is 9.33. The van der Waals surface area contributed by atoms with Crippen molar-refractivity contribution < 1.29 is 5.11 Å². The Bertz CT molecular complexity index is 836. The first kappa shape index (κ1) is 16.0. The number of nitrogens with zero attached hydrogens (tertiary/aromatic N) is 2. The molecule has 1 fully saturated rings. The maximum Gasteiger partial charge on any atom is 0.151 e. The zero-order chi connectivity index (χ0) is 17.1. The minimum absolute atomic E-state index is 0.293. The molecule has 0 radical (unpaired) electrons. The van der Waals surface area contributed by atoms with Gasteiger partial charge in [0.2, 0.25) is 0 Å². The van der Waals surface area contributed by atoms with Gasteiger partial charge in [-0.05, 0) is 48.6 Å². The Hall–Kier alpha value is -2.53. The summed E-state index contributed by atoms with van der Waals surface area (Å²) in [4.78, 5) is 10.2. The van der Waals surface area contributed by atoms with Crippen LogP contribution in [0.4, 0.5) is 11.5 Å². The van der Waals surface area contributed by atoms with Gasteiger partial charge in [-0.1, -0.05) is 12.1 Å². The van der Waals surface area contributed by atoms with Gasteiger partial charge in [-0.3, -0.25) is 0 Å². The lowest BCUT2D eigenvalue weighted by Gasteiger charge is -2.33. The highest BCUT2D eigenvalue weighted by atomic mass is 16.3. The number of aromatic amines is 1. The number of aliphatic hydroxyl groups excluding tert-OH is 1. The second-order valence-corrected chi connectivity index (χ2v) is 6.70. The fourth-order valence-electron chi connectivity index (χ4n) is 3.61. The number of pyridine rings is 1. The molecule has 3 heterocycles. The van der Waals surface area contributed by atoms with Crippen LogP contribution in [0.25, 0.3) is 10.9 Å². The summed E-state index contributed by atoms with van der Waals surface area (Å²) in [6, 6.07) is 12.5. The summed E-state index contributed by atoms with van der Waals surface area (Å²) in [7, 11) is 0. The van der Waals surface area contributed by atoms with Crippen molar-refractivity contribution in [3.8, 4) is 0 Å². The van der Waals surface area contributed by atoms with E-state index in [0.717, 1.165) is 49.5 Å². The van der Waals surface area contributed by atoms with Gasteiger partial charge in [-0.2, -0.15) is 0 Å². The Morgan fingerprint density at radius 1 is 1.16 bits per heavy atom. The fraction of sp³-hybridized carbons (Fsp3) is 0.350. The summed E-state index contributed by atoms with van der Waals surface area (Å²) in [5.74, 6) is 1.45. The first-order valence-electron chi connectivity index (χ1n) is 8.95. The van der Waals surface area contributed by atoms with Crippen LogP contribution in [-0.2, 0) is 6.54 Å². The van der Waals surface area contributed by atoms with E-state index in [1.807, 2.05) is 18.5 Å². The maximum absolute atomic E-state index is 9.33. The van der Waals surface area contributed by atoms with Crippen molar-refractivity contribution in [1.82, 2.24) is 9.97 Å². The number of fused-ring (bicyclic) bond motifs is 1. The lowest BCUT2D eigenvalue weighted by atomic mass is 9.98. The number of anilines is 2. The van der Waals surface area contributed by atoms with Gasteiger partial charge in [0.05, 0.1) is 5.69 Å². The molecule has 5 heteroatoms. The van der Waals surface area contributed by atoms with E-state index in [0.29, 0.717) is 12.5 Å². The molecule has 5 nitrogen and oxygen atoms in total. The van der Waals surface area contributed by atoms with Gasteiger partial charge >= 0.3 is 0 Å². The van der Waals surface area contributed by atoms with Crippen molar-refractivity contribution in [2.75, 3.05) is 29.9 Å². The summed E-state index contributed by atoms with van der Waals surface area (Å²) in [5.41, 5.74) is 3.50. The molecule has 0 amide bonds. The van der Waals surface area contributed by atoms with E-state index in [9.17, 15) is 5.11 Å². The standard InChI is InChI=1S/C20H24N4O/c25-14-15-7-11-24(12-8-15)20-19(5-2-9-22-20)23-13-16-3-1-4-18-17(16)6-10-21-18/h1-6,9-10,15,21,23,25H,7-8,11-14H2. The molecule has 1 saturated heterocycles. The molecule has 0 bridgehead atoms. The summed E-state index contributed by atoms with van der Waals surface area (Å²) in [5, 5.41) is 14.2. The summed E-state index contributed by atoms with van der Waals surface area (Å²) < 4.78 is 0. The number of aliphatic hydroxyl groups is 1. The number of nitrogens with one attached hydrogen (secondary N) is 2. The lowest BCUT2D eigenvalue weighted by Crippen LogP contribution is -2.35. The summed E-state index contributed by atoms with van der Waals surface area (Å²) in [6.45, 7) is 2.96. The first-order valence-corrected chi connectivity index (χ1v) is 8.95. The van der Waals surface area contributed by atoms with E-state index in [4.69, 9.17) is 0 Å². The van der Waals surface area contributed by atoms with Crippen molar-refractivity contribution >= 4 is 22.4 Å². The molecule has 3 aromatic rings. The van der Waals surface area contributed by atoms with E-state index in [1.165, 1.54) is 10.9 Å². The second-order valence-electron chi connectivity index (χ2n) is 6.70. The third-order valence-corrected chi connectivity index (χ3v) is 5.11. The van der Waals surface area contributed by atoms with Gasteiger partial charge in [0.1, 0.15) is 0 Å². The second kappa shape index (κ2) is 7.15. The number of piperidine rings is 1. The van der Waals surface area contributed by atoms with Crippen LogP contribution in [0.15, 0.2) is 48.8 Å². The normalized spacial score (nSPS) is 15.6.